The molecule has 2 aliphatic rings. The van der Waals surface area contributed by atoms with Gasteiger partial charge in [0, 0.05) is 17.5 Å². The standard InChI is InChI=1S/C27H28F2N2O6/c1-34-22-11-18(12-23(37-27(28)29)26(22)21(33)10-16-2-3-16)20-14-30-25-13-19(17-4-7-35-8-5-17)24(15-31(20)25)36-9-6-32/h4,11-16,27,32H,2-3,5-10H2,1H3. The molecule has 1 saturated carbocycles. The Kier molecular flexibility index (Phi) is 7.38. The predicted molar refractivity (Wildman–Crippen MR) is 131 cm³/mol. The van der Waals surface area contributed by atoms with Crippen molar-refractivity contribution in [1.82, 2.24) is 9.38 Å². The van der Waals surface area contributed by atoms with Gasteiger partial charge >= 0.3 is 6.61 Å². The monoisotopic (exact) mass is 514 g/mol. The van der Waals surface area contributed by atoms with Gasteiger partial charge in [-0.2, -0.15) is 8.78 Å². The Hall–Kier alpha value is -3.50. The molecule has 3 heterocycles. The fraction of sp³-hybridized carbons (Fsp3) is 0.407. The van der Waals surface area contributed by atoms with Crippen molar-refractivity contribution in [2.75, 3.05) is 33.5 Å². The van der Waals surface area contributed by atoms with Gasteiger partial charge in [-0.15, -0.1) is 0 Å². The van der Waals surface area contributed by atoms with Crippen LogP contribution in [0.5, 0.6) is 17.2 Å². The van der Waals surface area contributed by atoms with Gasteiger partial charge in [-0.3, -0.25) is 9.20 Å². The number of methoxy groups -OCH3 is 1. The molecule has 0 atom stereocenters. The molecule has 1 N–H and O–H groups in total. The largest absolute Gasteiger partial charge is 0.496 e. The van der Waals surface area contributed by atoms with Crippen LogP contribution < -0.4 is 14.2 Å². The summed E-state index contributed by atoms with van der Waals surface area (Å²) < 4.78 is 50.0. The lowest BCUT2D eigenvalue weighted by Gasteiger charge is -2.18. The number of carbonyl (C=O) groups is 1. The number of imidazole rings is 1. The molecule has 37 heavy (non-hydrogen) atoms. The van der Waals surface area contributed by atoms with Gasteiger partial charge in [0.1, 0.15) is 35.1 Å². The van der Waals surface area contributed by atoms with Crippen LogP contribution in [-0.4, -0.2) is 60.4 Å². The van der Waals surface area contributed by atoms with Gasteiger partial charge in [-0.25, -0.2) is 4.98 Å². The molecular weight excluding hydrogens is 486 g/mol. The van der Waals surface area contributed by atoms with Crippen molar-refractivity contribution in [3.63, 3.8) is 0 Å². The maximum Gasteiger partial charge on any atom is 0.387 e. The molecular formula is C27H28F2N2O6. The van der Waals surface area contributed by atoms with E-state index in [0.717, 1.165) is 24.0 Å². The summed E-state index contributed by atoms with van der Waals surface area (Å²) in [6.45, 7) is -2.07. The van der Waals surface area contributed by atoms with Crippen molar-refractivity contribution in [1.29, 1.82) is 0 Å². The Labute approximate surface area is 212 Å². The number of nitrogens with zero attached hydrogens (tertiary/aromatic N) is 2. The summed E-state index contributed by atoms with van der Waals surface area (Å²) in [7, 11) is 1.39. The second kappa shape index (κ2) is 10.9. The van der Waals surface area contributed by atoms with Crippen LogP contribution >= 0.6 is 0 Å². The van der Waals surface area contributed by atoms with Crippen molar-refractivity contribution in [3.05, 3.63) is 47.8 Å². The van der Waals surface area contributed by atoms with Crippen LogP contribution in [0.2, 0.25) is 0 Å². The van der Waals surface area contributed by atoms with Crippen LogP contribution in [0, 0.1) is 5.92 Å². The predicted octanol–water partition coefficient (Wildman–Crippen LogP) is 4.77. The average molecular weight is 515 g/mol. The van der Waals surface area contributed by atoms with E-state index in [4.69, 9.17) is 18.9 Å². The highest BCUT2D eigenvalue weighted by Gasteiger charge is 2.30. The molecule has 0 radical (unpaired) electrons. The molecule has 1 fully saturated rings. The van der Waals surface area contributed by atoms with Crippen LogP contribution in [0.4, 0.5) is 8.78 Å². The number of halogens is 2. The fourth-order valence-corrected chi connectivity index (χ4v) is 4.56. The zero-order valence-electron chi connectivity index (χ0n) is 20.4. The van der Waals surface area contributed by atoms with Gasteiger partial charge in [0.2, 0.25) is 0 Å². The number of fused-ring (bicyclic) bond motifs is 1. The highest BCUT2D eigenvalue weighted by Crippen LogP contribution is 2.41. The van der Waals surface area contributed by atoms with Gasteiger partial charge in [0.25, 0.3) is 0 Å². The second-order valence-corrected chi connectivity index (χ2v) is 9.05. The lowest BCUT2D eigenvalue weighted by Crippen LogP contribution is -2.11. The average Bonchev–Trinajstić information content (AvgIpc) is 3.62. The van der Waals surface area contributed by atoms with Gasteiger partial charge in [0.05, 0.1) is 45.0 Å². The molecule has 8 nitrogen and oxygen atoms in total. The summed E-state index contributed by atoms with van der Waals surface area (Å²) in [5.74, 6) is 0.461. The first kappa shape index (κ1) is 25.2. The molecule has 0 unspecified atom stereocenters. The lowest BCUT2D eigenvalue weighted by atomic mass is 10.00. The molecule has 1 aromatic carbocycles. The number of rotatable bonds is 11. The van der Waals surface area contributed by atoms with E-state index >= 15 is 0 Å². The van der Waals surface area contributed by atoms with Crippen LogP contribution in [0.25, 0.3) is 22.5 Å². The number of Topliss-reactive ketones (excluding diaryl/α,β-unsaturated/α-hetero) is 1. The van der Waals surface area contributed by atoms with Crippen molar-refractivity contribution in [2.45, 2.75) is 32.3 Å². The van der Waals surface area contributed by atoms with E-state index in [2.05, 4.69) is 4.98 Å². The highest BCUT2D eigenvalue weighted by atomic mass is 19.3. The minimum Gasteiger partial charge on any atom is -0.496 e. The first-order valence-corrected chi connectivity index (χ1v) is 12.2. The van der Waals surface area contributed by atoms with Crippen molar-refractivity contribution < 1.29 is 37.6 Å². The number of ketones is 1. The molecule has 3 aromatic rings. The van der Waals surface area contributed by atoms with E-state index in [1.807, 2.05) is 12.1 Å². The molecule has 0 spiro atoms. The quantitative estimate of drug-likeness (QED) is 0.369. The Balaban J connectivity index is 1.61. The number of hydrogen-bond acceptors (Lipinski definition) is 7. The Morgan fingerprint density at radius 3 is 2.73 bits per heavy atom. The molecule has 0 saturated heterocycles. The first-order chi connectivity index (χ1) is 18.0. The normalized spacial score (nSPS) is 15.6. The summed E-state index contributed by atoms with van der Waals surface area (Å²) >= 11 is 0. The fourth-order valence-electron chi connectivity index (χ4n) is 4.56. The number of aliphatic hydroxyl groups excluding tert-OH is 1. The number of benzene rings is 1. The third-order valence-corrected chi connectivity index (χ3v) is 6.52. The van der Waals surface area contributed by atoms with Gasteiger partial charge in [0.15, 0.2) is 5.78 Å². The smallest absolute Gasteiger partial charge is 0.387 e. The zero-order chi connectivity index (χ0) is 25.9. The van der Waals surface area contributed by atoms with Crippen LogP contribution in [0.15, 0.2) is 36.7 Å². The number of pyridine rings is 1. The SMILES string of the molecule is COc1cc(-c2cnc3cc(C4=CCOCC4)c(OCCO)cn23)cc(OC(F)F)c1C(=O)CC1CC1. The third kappa shape index (κ3) is 5.45. The Morgan fingerprint density at radius 1 is 1.24 bits per heavy atom. The van der Waals surface area contributed by atoms with Crippen molar-refractivity contribution >= 4 is 17.0 Å². The number of hydrogen-bond donors (Lipinski definition) is 1. The second-order valence-electron chi connectivity index (χ2n) is 9.05. The first-order valence-electron chi connectivity index (χ1n) is 12.2. The van der Waals surface area contributed by atoms with E-state index in [9.17, 15) is 18.7 Å². The summed E-state index contributed by atoms with van der Waals surface area (Å²) in [5.41, 5.74) is 3.58. The van der Waals surface area contributed by atoms with Crippen LogP contribution in [-0.2, 0) is 4.74 Å². The lowest BCUT2D eigenvalue weighted by molar-refractivity contribution is -0.0502. The van der Waals surface area contributed by atoms with E-state index < -0.39 is 6.61 Å². The maximum atomic E-state index is 13.4. The number of ether oxygens (including phenoxy) is 4. The number of carbonyl (C=O) groups excluding carboxylic acids is 1. The Morgan fingerprint density at radius 2 is 2.05 bits per heavy atom. The Bertz CT molecular complexity index is 1330. The van der Waals surface area contributed by atoms with Crippen LogP contribution in [0.3, 0.4) is 0 Å². The topological polar surface area (TPSA) is 91.5 Å². The van der Waals surface area contributed by atoms with Gasteiger partial charge in [-0.05, 0) is 49.0 Å². The molecule has 2 aromatic heterocycles. The van der Waals surface area contributed by atoms with Gasteiger partial charge in [-0.1, -0.05) is 6.08 Å². The minimum absolute atomic E-state index is 0.0213. The molecule has 0 amide bonds. The summed E-state index contributed by atoms with van der Waals surface area (Å²) in [5, 5.41) is 9.33. The van der Waals surface area contributed by atoms with Crippen LogP contribution in [0.1, 0.15) is 41.6 Å². The molecule has 1 aliphatic heterocycles. The number of alkyl halides is 2. The molecule has 196 valence electrons. The summed E-state index contributed by atoms with van der Waals surface area (Å²) in [6.07, 6.45) is 8.23. The minimum atomic E-state index is -3.11. The highest BCUT2D eigenvalue weighted by molar-refractivity contribution is 6.02. The molecule has 5 rings (SSSR count). The van der Waals surface area contributed by atoms with Gasteiger partial charge < -0.3 is 24.1 Å². The maximum absolute atomic E-state index is 13.4. The molecule has 10 heteroatoms. The van der Waals surface area contributed by atoms with Crippen molar-refractivity contribution in [3.8, 4) is 28.5 Å². The van der Waals surface area contributed by atoms with Crippen molar-refractivity contribution in [2.24, 2.45) is 5.92 Å². The third-order valence-electron chi connectivity index (χ3n) is 6.52. The van der Waals surface area contributed by atoms with E-state index in [1.54, 1.807) is 22.9 Å². The number of aromatic nitrogens is 2. The molecule has 1 aliphatic carbocycles. The summed E-state index contributed by atoms with van der Waals surface area (Å²) in [6, 6.07) is 4.93. The molecule has 0 bridgehead atoms. The van der Waals surface area contributed by atoms with E-state index in [1.165, 1.54) is 13.2 Å². The zero-order valence-corrected chi connectivity index (χ0v) is 20.4. The summed E-state index contributed by atoms with van der Waals surface area (Å²) in [4.78, 5) is 17.5. The van der Waals surface area contributed by atoms with E-state index in [-0.39, 0.29) is 48.4 Å². The number of aliphatic hydroxyl groups is 1. The van der Waals surface area contributed by atoms with E-state index in [0.29, 0.717) is 42.3 Å².